The quantitative estimate of drug-likeness (QED) is 0.407. The molecule has 0 spiro atoms. The molecule has 2 aromatic rings. The van der Waals surface area contributed by atoms with Crippen LogP contribution in [0, 0.1) is 6.92 Å². The van der Waals surface area contributed by atoms with Gasteiger partial charge in [0.25, 0.3) is 5.91 Å². The van der Waals surface area contributed by atoms with Gasteiger partial charge in [-0.2, -0.15) is 0 Å². The molecule has 0 unspecified atom stereocenters. The van der Waals surface area contributed by atoms with Crippen molar-refractivity contribution in [3.05, 3.63) is 63.6 Å². The van der Waals surface area contributed by atoms with E-state index in [1.165, 1.54) is 5.56 Å². The summed E-state index contributed by atoms with van der Waals surface area (Å²) >= 11 is 3.54. The minimum absolute atomic E-state index is 0.141. The van der Waals surface area contributed by atoms with Crippen LogP contribution in [0.1, 0.15) is 63.1 Å². The fourth-order valence-electron chi connectivity index (χ4n) is 3.31. The second-order valence-electron chi connectivity index (χ2n) is 8.40. The number of carbonyl (C=O) groups is 2. The van der Waals surface area contributed by atoms with E-state index in [0.717, 1.165) is 28.4 Å². The number of carbonyl (C=O) groups excluding carboxylic acids is 2. The molecule has 0 saturated heterocycles. The van der Waals surface area contributed by atoms with Crippen molar-refractivity contribution in [2.75, 3.05) is 13.2 Å². The summed E-state index contributed by atoms with van der Waals surface area (Å²) < 4.78 is 6.65. The Morgan fingerprint density at radius 1 is 1.12 bits per heavy atom. The molecule has 5 nitrogen and oxygen atoms in total. The zero-order chi connectivity index (χ0) is 23.7. The molecule has 2 aromatic carbocycles. The number of amides is 2. The molecule has 2 amide bonds. The second kappa shape index (κ2) is 12.6. The zero-order valence-electron chi connectivity index (χ0n) is 19.8. The Balaban J connectivity index is 2.15. The summed E-state index contributed by atoms with van der Waals surface area (Å²) in [5.74, 6) is 0.631. The lowest BCUT2D eigenvalue weighted by molar-refractivity contribution is -0.142. The molecule has 0 aliphatic rings. The molecular formula is C26H35BrN2O3. The summed E-state index contributed by atoms with van der Waals surface area (Å²) in [4.78, 5) is 27.5. The minimum atomic E-state index is -0.602. The number of halogens is 1. The summed E-state index contributed by atoms with van der Waals surface area (Å²) in [6.45, 7) is 10.9. The predicted molar refractivity (Wildman–Crippen MR) is 133 cm³/mol. The summed E-state index contributed by atoms with van der Waals surface area (Å²) in [7, 11) is 0. The number of aryl methyl sites for hydroxylation is 1. The predicted octanol–water partition coefficient (Wildman–Crippen LogP) is 5.59. The lowest BCUT2D eigenvalue weighted by Crippen LogP contribution is -2.49. The normalized spacial score (nSPS) is 11.8. The van der Waals surface area contributed by atoms with Gasteiger partial charge in [0.2, 0.25) is 5.91 Å². The first kappa shape index (κ1) is 25.9. The van der Waals surface area contributed by atoms with Gasteiger partial charge in [0.1, 0.15) is 11.8 Å². The molecule has 1 N–H and O–H groups in total. The van der Waals surface area contributed by atoms with Crippen molar-refractivity contribution in [3.63, 3.8) is 0 Å². The van der Waals surface area contributed by atoms with Gasteiger partial charge in [-0.15, -0.1) is 0 Å². The molecule has 0 aliphatic heterocycles. The Morgan fingerprint density at radius 2 is 1.84 bits per heavy atom. The van der Waals surface area contributed by atoms with Crippen LogP contribution in [-0.4, -0.2) is 35.9 Å². The molecule has 6 heteroatoms. The van der Waals surface area contributed by atoms with Gasteiger partial charge in [-0.05, 0) is 70.9 Å². The van der Waals surface area contributed by atoms with E-state index in [2.05, 4.69) is 42.0 Å². The van der Waals surface area contributed by atoms with Crippen LogP contribution in [0.5, 0.6) is 5.75 Å². The molecule has 0 bridgehead atoms. The van der Waals surface area contributed by atoms with Gasteiger partial charge in [-0.1, -0.05) is 57.5 Å². The Hall–Kier alpha value is -2.34. The topological polar surface area (TPSA) is 58.6 Å². The number of nitrogens with zero attached hydrogens (tertiary/aromatic N) is 1. The Morgan fingerprint density at radius 3 is 2.47 bits per heavy atom. The average Bonchev–Trinajstić information content (AvgIpc) is 2.77. The zero-order valence-corrected chi connectivity index (χ0v) is 21.4. The van der Waals surface area contributed by atoms with E-state index in [4.69, 9.17) is 4.74 Å². The van der Waals surface area contributed by atoms with E-state index in [1.807, 2.05) is 49.4 Å². The first-order chi connectivity index (χ1) is 15.2. The van der Waals surface area contributed by atoms with E-state index >= 15 is 0 Å². The van der Waals surface area contributed by atoms with Gasteiger partial charge in [0.15, 0.2) is 6.61 Å². The molecular weight excluding hydrogens is 468 g/mol. The van der Waals surface area contributed by atoms with Gasteiger partial charge >= 0.3 is 0 Å². The van der Waals surface area contributed by atoms with Crippen molar-refractivity contribution >= 4 is 27.7 Å². The number of hydrogen-bond acceptors (Lipinski definition) is 3. The maximum Gasteiger partial charge on any atom is 0.261 e. The standard InChI is InChI=1S/C26H35BrN2O3/c1-6-7-14-28-26(31)20(5)29(16-22-11-9-8-10-19(22)4)25(30)17-32-24-13-12-21(18(2)3)15-23(24)27/h8-13,15,18,20H,6-7,14,16-17H2,1-5H3,(H,28,31)/t20-/m1/s1. The number of rotatable bonds is 11. The average molecular weight is 503 g/mol. The van der Waals surface area contributed by atoms with Crippen LogP contribution in [0.2, 0.25) is 0 Å². The summed E-state index contributed by atoms with van der Waals surface area (Å²) in [6.07, 6.45) is 1.91. The summed E-state index contributed by atoms with van der Waals surface area (Å²) in [5.41, 5.74) is 3.28. The van der Waals surface area contributed by atoms with Crippen molar-refractivity contribution < 1.29 is 14.3 Å². The van der Waals surface area contributed by atoms with Crippen molar-refractivity contribution in [2.45, 2.75) is 66.0 Å². The molecule has 0 radical (unpaired) electrons. The third kappa shape index (κ3) is 7.37. The van der Waals surface area contributed by atoms with Crippen molar-refractivity contribution in [1.82, 2.24) is 10.2 Å². The fraction of sp³-hybridized carbons (Fsp3) is 0.462. The van der Waals surface area contributed by atoms with Crippen LogP contribution in [0.4, 0.5) is 0 Å². The van der Waals surface area contributed by atoms with Crippen LogP contribution in [0.3, 0.4) is 0 Å². The highest BCUT2D eigenvalue weighted by Gasteiger charge is 2.27. The number of nitrogens with one attached hydrogen (secondary N) is 1. The Kier molecular flexibility index (Phi) is 10.2. The first-order valence-corrected chi connectivity index (χ1v) is 12.1. The minimum Gasteiger partial charge on any atom is -0.483 e. The van der Waals surface area contributed by atoms with E-state index in [0.29, 0.717) is 24.8 Å². The van der Waals surface area contributed by atoms with E-state index in [-0.39, 0.29) is 18.4 Å². The van der Waals surface area contributed by atoms with Gasteiger partial charge in [-0.3, -0.25) is 9.59 Å². The van der Waals surface area contributed by atoms with E-state index < -0.39 is 6.04 Å². The molecule has 0 heterocycles. The van der Waals surface area contributed by atoms with Crippen LogP contribution in [0.15, 0.2) is 46.9 Å². The van der Waals surface area contributed by atoms with E-state index in [1.54, 1.807) is 11.8 Å². The SMILES string of the molecule is CCCCNC(=O)[C@@H](C)N(Cc1ccccc1C)C(=O)COc1ccc(C(C)C)cc1Br. The molecule has 0 fully saturated rings. The largest absolute Gasteiger partial charge is 0.483 e. The molecule has 0 aliphatic carbocycles. The fourth-order valence-corrected chi connectivity index (χ4v) is 3.82. The Bertz CT molecular complexity index is 914. The molecule has 0 aromatic heterocycles. The number of unbranched alkanes of at least 4 members (excludes halogenated alkanes) is 1. The maximum atomic E-state index is 13.2. The molecule has 1 atom stereocenters. The highest BCUT2D eigenvalue weighted by atomic mass is 79.9. The lowest BCUT2D eigenvalue weighted by Gasteiger charge is -2.29. The number of benzene rings is 2. The van der Waals surface area contributed by atoms with Crippen molar-refractivity contribution in [2.24, 2.45) is 0 Å². The van der Waals surface area contributed by atoms with Gasteiger partial charge in [-0.25, -0.2) is 0 Å². The van der Waals surface area contributed by atoms with Crippen LogP contribution < -0.4 is 10.1 Å². The monoisotopic (exact) mass is 502 g/mol. The third-order valence-electron chi connectivity index (χ3n) is 5.57. The maximum absolute atomic E-state index is 13.2. The highest BCUT2D eigenvalue weighted by molar-refractivity contribution is 9.10. The van der Waals surface area contributed by atoms with Crippen LogP contribution in [0.25, 0.3) is 0 Å². The third-order valence-corrected chi connectivity index (χ3v) is 6.19. The molecule has 2 rings (SSSR count). The first-order valence-electron chi connectivity index (χ1n) is 11.3. The molecule has 174 valence electrons. The van der Waals surface area contributed by atoms with E-state index in [9.17, 15) is 9.59 Å². The Labute approximate surface area is 200 Å². The second-order valence-corrected chi connectivity index (χ2v) is 9.26. The summed E-state index contributed by atoms with van der Waals surface area (Å²) in [6, 6.07) is 13.2. The van der Waals surface area contributed by atoms with Crippen molar-refractivity contribution in [3.8, 4) is 5.75 Å². The van der Waals surface area contributed by atoms with Crippen molar-refractivity contribution in [1.29, 1.82) is 0 Å². The smallest absolute Gasteiger partial charge is 0.261 e. The lowest BCUT2D eigenvalue weighted by atomic mass is 10.0. The van der Waals surface area contributed by atoms with Gasteiger partial charge in [0, 0.05) is 13.1 Å². The van der Waals surface area contributed by atoms with Crippen LogP contribution in [-0.2, 0) is 16.1 Å². The van der Waals surface area contributed by atoms with Crippen LogP contribution >= 0.6 is 15.9 Å². The molecule has 32 heavy (non-hydrogen) atoms. The molecule has 0 saturated carbocycles. The summed E-state index contributed by atoms with van der Waals surface area (Å²) in [5, 5.41) is 2.94. The van der Waals surface area contributed by atoms with Gasteiger partial charge < -0.3 is 15.0 Å². The number of ether oxygens (including phenoxy) is 1. The number of hydrogen-bond donors (Lipinski definition) is 1. The highest BCUT2D eigenvalue weighted by Crippen LogP contribution is 2.29. The van der Waals surface area contributed by atoms with Gasteiger partial charge in [0.05, 0.1) is 4.47 Å².